The number of benzene rings is 1. The predicted molar refractivity (Wildman–Crippen MR) is 87.2 cm³/mol. The second kappa shape index (κ2) is 8.23. The molecule has 1 aromatic heterocycles. The number of urea groups is 1. The van der Waals surface area contributed by atoms with Crippen LogP contribution in [-0.4, -0.2) is 28.8 Å². The van der Waals surface area contributed by atoms with Crippen molar-refractivity contribution < 1.29 is 14.3 Å². The lowest BCUT2D eigenvalue weighted by atomic mass is 10.0. The van der Waals surface area contributed by atoms with Gasteiger partial charge in [-0.2, -0.15) is 0 Å². The van der Waals surface area contributed by atoms with Crippen LogP contribution in [0.25, 0.3) is 0 Å². The summed E-state index contributed by atoms with van der Waals surface area (Å²) in [4.78, 5) is 23.9. The monoisotopic (exact) mass is 334 g/mol. The average molecular weight is 334 g/mol. The summed E-state index contributed by atoms with van der Waals surface area (Å²) < 4.78 is 4.97. The van der Waals surface area contributed by atoms with E-state index in [4.69, 9.17) is 4.74 Å². The molecule has 0 aliphatic carbocycles. The van der Waals surface area contributed by atoms with Gasteiger partial charge in [-0.15, -0.1) is 10.2 Å². The molecule has 0 radical (unpaired) electrons. The maximum absolute atomic E-state index is 12.1. The van der Waals surface area contributed by atoms with Crippen molar-refractivity contribution in [2.24, 2.45) is 0 Å². The van der Waals surface area contributed by atoms with Gasteiger partial charge in [0.1, 0.15) is 5.01 Å². The minimum atomic E-state index is -0.482. The number of ether oxygens (including phenoxy) is 1. The van der Waals surface area contributed by atoms with Gasteiger partial charge in [-0.1, -0.05) is 41.7 Å². The van der Waals surface area contributed by atoms with Crippen LogP contribution in [-0.2, 0) is 9.53 Å². The van der Waals surface area contributed by atoms with Crippen LogP contribution in [0.15, 0.2) is 30.3 Å². The number of hydrogen-bond acceptors (Lipinski definition) is 6. The molecule has 23 heavy (non-hydrogen) atoms. The molecule has 122 valence electrons. The number of amides is 2. The Morgan fingerprint density at radius 2 is 2.00 bits per heavy atom. The molecule has 7 nitrogen and oxygen atoms in total. The fourth-order valence-electron chi connectivity index (χ4n) is 1.96. The molecule has 1 atom stereocenters. The van der Waals surface area contributed by atoms with Gasteiger partial charge in [0.2, 0.25) is 5.13 Å². The van der Waals surface area contributed by atoms with Crippen molar-refractivity contribution in [3.8, 4) is 0 Å². The molecule has 0 unspecified atom stereocenters. The third-order valence-electron chi connectivity index (χ3n) is 2.93. The molecule has 0 aliphatic rings. The zero-order valence-electron chi connectivity index (χ0n) is 12.9. The summed E-state index contributed by atoms with van der Waals surface area (Å²) in [7, 11) is 0. The van der Waals surface area contributed by atoms with Gasteiger partial charge in [0.25, 0.3) is 0 Å². The van der Waals surface area contributed by atoms with Gasteiger partial charge in [0, 0.05) is 0 Å². The maximum atomic E-state index is 12.1. The molecule has 1 heterocycles. The van der Waals surface area contributed by atoms with E-state index >= 15 is 0 Å². The Morgan fingerprint density at radius 1 is 1.26 bits per heavy atom. The topological polar surface area (TPSA) is 93.2 Å². The summed E-state index contributed by atoms with van der Waals surface area (Å²) in [5.74, 6) is -0.367. The number of carbonyl (C=O) groups excluding carboxylic acids is 2. The third-order valence-corrected chi connectivity index (χ3v) is 3.68. The van der Waals surface area contributed by atoms with Gasteiger partial charge in [-0.05, 0) is 19.4 Å². The van der Waals surface area contributed by atoms with E-state index < -0.39 is 12.1 Å². The standard InChI is InChI=1S/C15H18N4O3S/c1-3-22-13(20)9-12(11-7-5-4-6-8-11)16-14(21)17-15-19-18-10(2)23-15/h4-8,12H,3,9H2,1-2H3,(H2,16,17,19,21)/t12-/m1/s1. The highest BCUT2D eigenvalue weighted by Gasteiger charge is 2.19. The van der Waals surface area contributed by atoms with Crippen LogP contribution in [0.2, 0.25) is 0 Å². The lowest BCUT2D eigenvalue weighted by molar-refractivity contribution is -0.143. The first-order valence-corrected chi connectivity index (χ1v) is 7.98. The van der Waals surface area contributed by atoms with Gasteiger partial charge in [-0.25, -0.2) is 4.79 Å². The lowest BCUT2D eigenvalue weighted by Crippen LogP contribution is -2.34. The molecule has 8 heteroatoms. The minimum absolute atomic E-state index is 0.0560. The minimum Gasteiger partial charge on any atom is -0.466 e. The van der Waals surface area contributed by atoms with Crippen molar-refractivity contribution >= 4 is 28.5 Å². The van der Waals surface area contributed by atoms with Gasteiger partial charge in [0.05, 0.1) is 19.1 Å². The van der Waals surface area contributed by atoms with Crippen LogP contribution in [0.3, 0.4) is 0 Å². The van der Waals surface area contributed by atoms with E-state index in [1.165, 1.54) is 11.3 Å². The molecule has 0 saturated heterocycles. The van der Waals surface area contributed by atoms with Gasteiger partial charge >= 0.3 is 12.0 Å². The highest BCUT2D eigenvalue weighted by atomic mass is 32.1. The van der Waals surface area contributed by atoms with E-state index in [2.05, 4.69) is 20.8 Å². The average Bonchev–Trinajstić information content (AvgIpc) is 2.92. The molecular formula is C15H18N4O3S. The zero-order valence-corrected chi connectivity index (χ0v) is 13.7. The summed E-state index contributed by atoms with van der Waals surface area (Å²) in [5.41, 5.74) is 0.823. The Kier molecular flexibility index (Phi) is 6.04. The van der Waals surface area contributed by atoms with Crippen LogP contribution in [0.4, 0.5) is 9.93 Å². The van der Waals surface area contributed by atoms with Crippen LogP contribution in [0, 0.1) is 6.92 Å². The number of esters is 1. The first-order valence-electron chi connectivity index (χ1n) is 7.16. The highest BCUT2D eigenvalue weighted by molar-refractivity contribution is 7.15. The number of rotatable bonds is 6. The number of nitrogens with zero attached hydrogens (tertiary/aromatic N) is 2. The lowest BCUT2D eigenvalue weighted by Gasteiger charge is -2.18. The quantitative estimate of drug-likeness (QED) is 0.792. The number of hydrogen-bond donors (Lipinski definition) is 2. The molecule has 2 N–H and O–H groups in total. The third kappa shape index (κ3) is 5.33. The molecule has 2 amide bonds. The molecular weight excluding hydrogens is 316 g/mol. The Balaban J connectivity index is 2.04. The first-order chi connectivity index (χ1) is 11.1. The number of aryl methyl sites for hydroxylation is 1. The van der Waals surface area contributed by atoms with Crippen LogP contribution < -0.4 is 10.6 Å². The zero-order chi connectivity index (χ0) is 16.7. The van der Waals surface area contributed by atoms with Crippen LogP contribution >= 0.6 is 11.3 Å². The van der Waals surface area contributed by atoms with Crippen molar-refractivity contribution in [1.82, 2.24) is 15.5 Å². The normalized spacial score (nSPS) is 11.6. The molecule has 2 rings (SSSR count). The summed E-state index contributed by atoms with van der Waals surface area (Å²) in [6, 6.07) is 8.33. The molecule has 0 bridgehead atoms. The van der Waals surface area contributed by atoms with E-state index in [-0.39, 0.29) is 12.4 Å². The number of anilines is 1. The van der Waals surface area contributed by atoms with E-state index in [1.807, 2.05) is 30.3 Å². The van der Waals surface area contributed by atoms with E-state index in [1.54, 1.807) is 13.8 Å². The number of nitrogens with one attached hydrogen (secondary N) is 2. The van der Waals surface area contributed by atoms with Crippen molar-refractivity contribution in [3.05, 3.63) is 40.9 Å². The second-order valence-electron chi connectivity index (χ2n) is 4.70. The number of carbonyl (C=O) groups is 2. The molecule has 0 saturated carbocycles. The largest absolute Gasteiger partial charge is 0.466 e. The first kappa shape index (κ1) is 16.9. The summed E-state index contributed by atoms with van der Waals surface area (Å²) >= 11 is 1.28. The van der Waals surface area contributed by atoms with Crippen LogP contribution in [0.5, 0.6) is 0 Å². The van der Waals surface area contributed by atoms with Gasteiger partial charge < -0.3 is 10.1 Å². The fourth-order valence-corrected chi connectivity index (χ4v) is 2.55. The number of aromatic nitrogens is 2. The molecule has 1 aromatic carbocycles. The van der Waals surface area contributed by atoms with Crippen molar-refractivity contribution in [2.45, 2.75) is 26.3 Å². The van der Waals surface area contributed by atoms with Gasteiger partial charge in [0.15, 0.2) is 0 Å². The smallest absolute Gasteiger partial charge is 0.321 e. The SMILES string of the molecule is CCOC(=O)C[C@@H](NC(=O)Nc1nnc(C)s1)c1ccccc1. The van der Waals surface area contributed by atoms with E-state index in [0.29, 0.717) is 11.7 Å². The molecule has 0 spiro atoms. The Labute approximate surface area is 138 Å². The van der Waals surface area contributed by atoms with E-state index in [0.717, 1.165) is 10.6 Å². The summed E-state index contributed by atoms with van der Waals surface area (Å²) in [5, 5.41) is 14.2. The van der Waals surface area contributed by atoms with Gasteiger partial charge in [-0.3, -0.25) is 10.1 Å². The van der Waals surface area contributed by atoms with Crippen molar-refractivity contribution in [3.63, 3.8) is 0 Å². The Morgan fingerprint density at radius 3 is 2.61 bits per heavy atom. The molecule has 0 aliphatic heterocycles. The van der Waals surface area contributed by atoms with Crippen LogP contribution in [0.1, 0.15) is 30.0 Å². The summed E-state index contributed by atoms with van der Waals surface area (Å²) in [6.45, 7) is 3.85. The Hall–Kier alpha value is -2.48. The van der Waals surface area contributed by atoms with Crippen molar-refractivity contribution in [2.75, 3.05) is 11.9 Å². The van der Waals surface area contributed by atoms with Crippen molar-refractivity contribution in [1.29, 1.82) is 0 Å². The Bertz CT molecular complexity index is 660. The highest BCUT2D eigenvalue weighted by Crippen LogP contribution is 2.18. The maximum Gasteiger partial charge on any atom is 0.321 e. The molecule has 0 fully saturated rings. The second-order valence-corrected chi connectivity index (χ2v) is 5.88. The predicted octanol–water partition coefficient (Wildman–Crippen LogP) is 2.66. The molecule has 2 aromatic rings. The van der Waals surface area contributed by atoms with E-state index in [9.17, 15) is 9.59 Å². The summed E-state index contributed by atoms with van der Waals surface area (Å²) in [6.07, 6.45) is 0.0560. The fraction of sp³-hybridized carbons (Fsp3) is 0.333.